The van der Waals surface area contributed by atoms with E-state index in [1.165, 1.54) is 0 Å². The van der Waals surface area contributed by atoms with E-state index in [-0.39, 0.29) is 0 Å². The summed E-state index contributed by atoms with van der Waals surface area (Å²) in [4.78, 5) is 10.9. The van der Waals surface area contributed by atoms with Crippen LogP contribution in [0.5, 0.6) is 0 Å². The van der Waals surface area contributed by atoms with Crippen LogP contribution in [0.4, 0.5) is 0 Å². The number of amides is 1. The third kappa shape index (κ3) is 1.85. The van der Waals surface area contributed by atoms with Gasteiger partial charge in [-0.25, -0.2) is 10.9 Å². The van der Waals surface area contributed by atoms with Crippen LogP contribution in [0.3, 0.4) is 0 Å². The van der Waals surface area contributed by atoms with Gasteiger partial charge in [-0.15, -0.1) is 0 Å². The van der Waals surface area contributed by atoms with Crippen molar-refractivity contribution in [1.29, 1.82) is 0 Å². The Morgan fingerprint density at radius 1 is 1.47 bits per heavy atom. The van der Waals surface area contributed by atoms with Crippen molar-refractivity contribution in [1.82, 2.24) is 10.9 Å². The number of nitrogens with one attached hydrogen (secondary N) is 2. The van der Waals surface area contributed by atoms with Crippen molar-refractivity contribution in [3.8, 4) is 0 Å². The van der Waals surface area contributed by atoms with E-state index in [2.05, 4.69) is 10.9 Å². The van der Waals surface area contributed by atoms with Crippen molar-refractivity contribution in [2.75, 3.05) is 0 Å². The third-order valence-electron chi connectivity index (χ3n) is 2.38. The standard InChI is InChI=1S/C10H13N3O2/c1-10(7-5-3-2-4-6-7)13-12-9(15-10)8(11)14/h2-6,9,12-13H,1H3,(H2,11,14). The van der Waals surface area contributed by atoms with Gasteiger partial charge in [0.2, 0.25) is 6.23 Å². The predicted octanol–water partition coefficient (Wildman–Crippen LogP) is -0.205. The van der Waals surface area contributed by atoms with Gasteiger partial charge in [0.15, 0.2) is 5.72 Å². The Labute approximate surface area is 87.6 Å². The first-order valence-electron chi connectivity index (χ1n) is 4.67. The van der Waals surface area contributed by atoms with Crippen LogP contribution in [-0.2, 0) is 15.3 Å². The highest BCUT2D eigenvalue weighted by Gasteiger charge is 2.39. The molecule has 0 saturated carbocycles. The van der Waals surface area contributed by atoms with Crippen LogP contribution in [0.2, 0.25) is 0 Å². The lowest BCUT2D eigenvalue weighted by atomic mass is 10.1. The first-order valence-corrected chi connectivity index (χ1v) is 4.67. The Kier molecular flexibility index (Phi) is 2.44. The fourth-order valence-corrected chi connectivity index (χ4v) is 1.52. The van der Waals surface area contributed by atoms with Crippen molar-refractivity contribution in [2.45, 2.75) is 18.9 Å². The number of hydrazine groups is 1. The lowest BCUT2D eigenvalue weighted by Gasteiger charge is -2.23. The lowest BCUT2D eigenvalue weighted by molar-refractivity contribution is -0.134. The third-order valence-corrected chi connectivity index (χ3v) is 2.38. The predicted molar refractivity (Wildman–Crippen MR) is 54.1 cm³/mol. The zero-order chi connectivity index (χ0) is 10.9. The zero-order valence-corrected chi connectivity index (χ0v) is 8.36. The van der Waals surface area contributed by atoms with Crippen molar-refractivity contribution < 1.29 is 9.53 Å². The number of ether oxygens (including phenoxy) is 1. The largest absolute Gasteiger partial charge is 0.366 e. The van der Waals surface area contributed by atoms with Crippen LogP contribution in [0.15, 0.2) is 30.3 Å². The number of carbonyl (C=O) groups excluding carboxylic acids is 1. The molecule has 2 rings (SSSR count). The summed E-state index contributed by atoms with van der Waals surface area (Å²) in [5.41, 5.74) is 10.9. The van der Waals surface area contributed by atoms with Crippen LogP contribution >= 0.6 is 0 Å². The molecule has 0 aliphatic carbocycles. The number of primary amides is 1. The summed E-state index contributed by atoms with van der Waals surface area (Å²) in [6.07, 6.45) is -0.796. The minimum Gasteiger partial charge on any atom is -0.366 e. The van der Waals surface area contributed by atoms with Crippen molar-refractivity contribution in [3.05, 3.63) is 35.9 Å². The van der Waals surface area contributed by atoms with E-state index in [4.69, 9.17) is 10.5 Å². The van der Waals surface area contributed by atoms with Gasteiger partial charge in [0, 0.05) is 0 Å². The molecule has 5 heteroatoms. The second-order valence-electron chi connectivity index (χ2n) is 3.57. The molecule has 0 radical (unpaired) electrons. The molecule has 0 aromatic heterocycles. The number of carbonyl (C=O) groups is 1. The van der Waals surface area contributed by atoms with Gasteiger partial charge in [-0.05, 0) is 12.5 Å². The minimum absolute atomic E-state index is 0.540. The van der Waals surface area contributed by atoms with Crippen LogP contribution in [0.1, 0.15) is 12.5 Å². The number of rotatable bonds is 2. The van der Waals surface area contributed by atoms with E-state index in [9.17, 15) is 4.79 Å². The zero-order valence-electron chi connectivity index (χ0n) is 8.36. The molecule has 1 aliphatic heterocycles. The highest BCUT2D eigenvalue weighted by Crippen LogP contribution is 2.25. The highest BCUT2D eigenvalue weighted by molar-refractivity contribution is 5.78. The minimum atomic E-state index is -0.796. The van der Waals surface area contributed by atoms with E-state index in [1.54, 1.807) is 0 Å². The molecule has 5 nitrogen and oxygen atoms in total. The fourth-order valence-electron chi connectivity index (χ4n) is 1.52. The summed E-state index contributed by atoms with van der Waals surface area (Å²) >= 11 is 0. The summed E-state index contributed by atoms with van der Waals surface area (Å²) in [5, 5.41) is 0. The number of nitrogens with two attached hydrogens (primary N) is 1. The average Bonchev–Trinajstić information content (AvgIpc) is 2.64. The van der Waals surface area contributed by atoms with Gasteiger partial charge in [-0.3, -0.25) is 4.79 Å². The summed E-state index contributed by atoms with van der Waals surface area (Å²) in [6.45, 7) is 1.83. The Morgan fingerprint density at radius 2 is 2.13 bits per heavy atom. The quantitative estimate of drug-likeness (QED) is 0.627. The molecule has 0 spiro atoms. The van der Waals surface area contributed by atoms with Gasteiger partial charge in [0.1, 0.15) is 0 Å². The topological polar surface area (TPSA) is 76.4 Å². The molecule has 1 saturated heterocycles. The van der Waals surface area contributed by atoms with Crippen molar-refractivity contribution >= 4 is 5.91 Å². The van der Waals surface area contributed by atoms with Crippen LogP contribution in [0.25, 0.3) is 0 Å². The summed E-state index contributed by atoms with van der Waals surface area (Å²) in [6, 6.07) is 9.56. The smallest absolute Gasteiger partial charge is 0.263 e. The van der Waals surface area contributed by atoms with Crippen LogP contribution < -0.4 is 16.6 Å². The maximum Gasteiger partial charge on any atom is 0.263 e. The first kappa shape index (κ1) is 10.1. The molecule has 1 fully saturated rings. The normalized spacial score (nSPS) is 30.3. The molecule has 2 atom stereocenters. The highest BCUT2D eigenvalue weighted by atomic mass is 16.6. The summed E-state index contributed by atoms with van der Waals surface area (Å²) in [5.74, 6) is -0.540. The van der Waals surface area contributed by atoms with Gasteiger partial charge in [-0.1, -0.05) is 30.3 Å². The summed E-state index contributed by atoms with van der Waals surface area (Å²) < 4.78 is 5.50. The summed E-state index contributed by atoms with van der Waals surface area (Å²) in [7, 11) is 0. The van der Waals surface area contributed by atoms with Crippen molar-refractivity contribution in [3.63, 3.8) is 0 Å². The first-order chi connectivity index (χ1) is 7.12. The maximum atomic E-state index is 10.9. The number of benzene rings is 1. The average molecular weight is 207 g/mol. The van der Waals surface area contributed by atoms with Gasteiger partial charge in [0.25, 0.3) is 5.91 Å². The van der Waals surface area contributed by atoms with E-state index in [0.29, 0.717) is 0 Å². The monoisotopic (exact) mass is 207 g/mol. The Morgan fingerprint density at radius 3 is 2.67 bits per heavy atom. The molecule has 1 aromatic rings. The Hall–Kier alpha value is -1.43. The van der Waals surface area contributed by atoms with Gasteiger partial charge >= 0.3 is 0 Å². The second-order valence-corrected chi connectivity index (χ2v) is 3.57. The second kappa shape index (κ2) is 3.62. The molecular weight excluding hydrogens is 194 g/mol. The SMILES string of the molecule is CC1(c2ccccc2)NNC(C(N)=O)O1. The van der Waals surface area contributed by atoms with Gasteiger partial charge < -0.3 is 10.5 Å². The molecule has 1 aromatic carbocycles. The van der Waals surface area contributed by atoms with E-state index < -0.39 is 17.9 Å². The molecule has 2 unspecified atom stereocenters. The van der Waals surface area contributed by atoms with Gasteiger partial charge in [-0.2, -0.15) is 0 Å². The van der Waals surface area contributed by atoms with Crippen LogP contribution in [0, 0.1) is 0 Å². The molecule has 1 aliphatic rings. The lowest BCUT2D eigenvalue weighted by Crippen LogP contribution is -2.42. The number of hydrogen-bond acceptors (Lipinski definition) is 4. The Bertz CT molecular complexity index is 368. The van der Waals surface area contributed by atoms with Crippen LogP contribution in [-0.4, -0.2) is 12.1 Å². The van der Waals surface area contributed by atoms with Crippen molar-refractivity contribution in [2.24, 2.45) is 5.73 Å². The van der Waals surface area contributed by atoms with E-state index in [0.717, 1.165) is 5.56 Å². The maximum absolute atomic E-state index is 10.9. The molecule has 0 bridgehead atoms. The molecule has 80 valence electrons. The molecule has 1 amide bonds. The number of hydrogen-bond donors (Lipinski definition) is 3. The van der Waals surface area contributed by atoms with E-state index >= 15 is 0 Å². The molecule has 1 heterocycles. The molecule has 4 N–H and O–H groups in total. The Balaban J connectivity index is 2.20. The molecular formula is C10H13N3O2. The van der Waals surface area contributed by atoms with E-state index in [1.807, 2.05) is 37.3 Å². The fraction of sp³-hybridized carbons (Fsp3) is 0.300. The molecule has 15 heavy (non-hydrogen) atoms. The van der Waals surface area contributed by atoms with Gasteiger partial charge in [0.05, 0.1) is 0 Å².